The molecule has 0 aliphatic rings. The van der Waals surface area contributed by atoms with Gasteiger partial charge in [0.2, 0.25) is 0 Å². The van der Waals surface area contributed by atoms with E-state index in [1.807, 2.05) is 32.0 Å². The Labute approximate surface area is 134 Å². The summed E-state index contributed by atoms with van der Waals surface area (Å²) in [5.74, 6) is -0.293. The molecule has 0 unspecified atom stereocenters. The molecule has 0 fully saturated rings. The zero-order valence-electron chi connectivity index (χ0n) is 11.7. The summed E-state index contributed by atoms with van der Waals surface area (Å²) in [4.78, 5) is 12.0. The molecule has 0 aromatic heterocycles. The second-order valence-corrected chi connectivity index (χ2v) is 5.56. The second kappa shape index (κ2) is 6.70. The van der Waals surface area contributed by atoms with Gasteiger partial charge >= 0.3 is 0 Å². The van der Waals surface area contributed by atoms with Gasteiger partial charge in [0.05, 0.1) is 0 Å². The number of nitrogens with one attached hydrogen (secondary N) is 2. The van der Waals surface area contributed by atoms with Crippen LogP contribution in [0.4, 0.5) is 5.69 Å². The van der Waals surface area contributed by atoms with Gasteiger partial charge in [0, 0.05) is 16.3 Å². The van der Waals surface area contributed by atoms with Crippen LogP contribution >= 0.6 is 23.8 Å². The number of benzene rings is 2. The van der Waals surface area contributed by atoms with Crippen molar-refractivity contribution < 1.29 is 4.79 Å². The van der Waals surface area contributed by atoms with E-state index in [2.05, 4.69) is 10.6 Å². The summed E-state index contributed by atoms with van der Waals surface area (Å²) in [6.07, 6.45) is 0. The summed E-state index contributed by atoms with van der Waals surface area (Å²) >= 11 is 11.0. The van der Waals surface area contributed by atoms with Crippen molar-refractivity contribution in [2.45, 2.75) is 13.8 Å². The molecule has 2 rings (SSSR count). The Morgan fingerprint density at radius 1 is 1.10 bits per heavy atom. The van der Waals surface area contributed by atoms with Crippen molar-refractivity contribution in [1.82, 2.24) is 5.32 Å². The van der Waals surface area contributed by atoms with E-state index in [1.165, 1.54) is 5.56 Å². The van der Waals surface area contributed by atoms with Gasteiger partial charge in [-0.25, -0.2) is 0 Å². The fourth-order valence-electron chi connectivity index (χ4n) is 1.79. The third-order valence-corrected chi connectivity index (χ3v) is 3.52. The van der Waals surface area contributed by atoms with E-state index in [0.29, 0.717) is 10.6 Å². The minimum absolute atomic E-state index is 0.253. The first-order valence-corrected chi connectivity index (χ1v) is 7.19. The van der Waals surface area contributed by atoms with Crippen molar-refractivity contribution in [2.24, 2.45) is 0 Å². The highest BCUT2D eigenvalue weighted by molar-refractivity contribution is 7.80. The molecule has 0 heterocycles. The lowest BCUT2D eigenvalue weighted by Gasteiger charge is -2.11. The summed E-state index contributed by atoms with van der Waals surface area (Å²) in [5, 5.41) is 6.38. The van der Waals surface area contributed by atoms with Crippen LogP contribution in [0.2, 0.25) is 5.02 Å². The summed E-state index contributed by atoms with van der Waals surface area (Å²) < 4.78 is 0. The third kappa shape index (κ3) is 4.28. The van der Waals surface area contributed by atoms with Gasteiger partial charge in [0.25, 0.3) is 5.91 Å². The van der Waals surface area contributed by atoms with E-state index in [1.54, 1.807) is 24.3 Å². The minimum atomic E-state index is -0.293. The Balaban J connectivity index is 2.01. The number of carbonyl (C=O) groups excluding carboxylic acids is 1. The summed E-state index contributed by atoms with van der Waals surface area (Å²) in [7, 11) is 0. The molecule has 5 heteroatoms. The molecule has 3 nitrogen and oxygen atoms in total. The number of hydrogen-bond donors (Lipinski definition) is 2. The van der Waals surface area contributed by atoms with E-state index < -0.39 is 0 Å². The number of carbonyl (C=O) groups is 1. The largest absolute Gasteiger partial charge is 0.332 e. The molecule has 2 aromatic rings. The molecule has 21 heavy (non-hydrogen) atoms. The first kappa shape index (κ1) is 15.5. The van der Waals surface area contributed by atoms with Crippen LogP contribution in [-0.4, -0.2) is 11.0 Å². The second-order valence-electron chi connectivity index (χ2n) is 4.72. The number of rotatable bonds is 2. The van der Waals surface area contributed by atoms with Gasteiger partial charge in [-0.3, -0.25) is 10.1 Å². The van der Waals surface area contributed by atoms with Crippen molar-refractivity contribution >= 4 is 40.5 Å². The predicted octanol–water partition coefficient (Wildman–Crippen LogP) is 4.08. The van der Waals surface area contributed by atoms with E-state index in [0.717, 1.165) is 11.3 Å². The first-order valence-electron chi connectivity index (χ1n) is 6.41. The lowest BCUT2D eigenvalue weighted by atomic mass is 10.1. The minimum Gasteiger partial charge on any atom is -0.332 e. The van der Waals surface area contributed by atoms with E-state index in [-0.39, 0.29) is 11.0 Å². The van der Waals surface area contributed by atoms with Gasteiger partial charge in [-0.2, -0.15) is 0 Å². The first-order chi connectivity index (χ1) is 9.95. The summed E-state index contributed by atoms with van der Waals surface area (Å²) in [6, 6.07) is 12.6. The van der Waals surface area contributed by atoms with Gasteiger partial charge in [-0.15, -0.1) is 0 Å². The monoisotopic (exact) mass is 318 g/mol. The quantitative estimate of drug-likeness (QED) is 0.820. The highest BCUT2D eigenvalue weighted by atomic mass is 35.5. The van der Waals surface area contributed by atoms with E-state index in [4.69, 9.17) is 23.8 Å². The predicted molar refractivity (Wildman–Crippen MR) is 91.1 cm³/mol. The van der Waals surface area contributed by atoms with Gasteiger partial charge in [-0.1, -0.05) is 23.7 Å². The topological polar surface area (TPSA) is 41.1 Å². The maximum Gasteiger partial charge on any atom is 0.257 e. The van der Waals surface area contributed by atoms with Crippen LogP contribution in [0, 0.1) is 13.8 Å². The third-order valence-electron chi connectivity index (χ3n) is 3.08. The van der Waals surface area contributed by atoms with Gasteiger partial charge in [0.15, 0.2) is 5.11 Å². The molecule has 1 amide bonds. The van der Waals surface area contributed by atoms with Gasteiger partial charge in [0.1, 0.15) is 0 Å². The summed E-state index contributed by atoms with van der Waals surface area (Å²) in [6.45, 7) is 4.06. The summed E-state index contributed by atoms with van der Waals surface area (Å²) in [5.41, 5.74) is 3.67. The highest BCUT2D eigenvalue weighted by Gasteiger charge is 2.08. The van der Waals surface area contributed by atoms with Crippen molar-refractivity contribution in [3.8, 4) is 0 Å². The Hall–Kier alpha value is -1.91. The Kier molecular flexibility index (Phi) is 4.94. The van der Waals surface area contributed by atoms with Crippen molar-refractivity contribution in [2.75, 3.05) is 5.32 Å². The number of amides is 1. The lowest BCUT2D eigenvalue weighted by Crippen LogP contribution is -2.34. The lowest BCUT2D eigenvalue weighted by molar-refractivity contribution is 0.0977. The Bertz CT molecular complexity index is 700. The molecule has 108 valence electrons. The number of anilines is 1. The van der Waals surface area contributed by atoms with Crippen LogP contribution in [0.5, 0.6) is 0 Å². The average Bonchev–Trinajstić information content (AvgIpc) is 2.43. The number of hydrogen-bond acceptors (Lipinski definition) is 2. The molecule has 2 aromatic carbocycles. The molecular weight excluding hydrogens is 304 g/mol. The van der Waals surface area contributed by atoms with Crippen molar-refractivity contribution in [3.05, 3.63) is 64.2 Å². The van der Waals surface area contributed by atoms with Crippen molar-refractivity contribution in [3.63, 3.8) is 0 Å². The zero-order valence-corrected chi connectivity index (χ0v) is 13.3. The number of halogens is 1. The normalized spacial score (nSPS) is 10.0. The molecular formula is C16H15ClN2OS. The van der Waals surface area contributed by atoms with Crippen LogP contribution in [0.15, 0.2) is 42.5 Å². The Morgan fingerprint density at radius 3 is 2.52 bits per heavy atom. The number of aryl methyl sites for hydroxylation is 2. The fourth-order valence-corrected chi connectivity index (χ4v) is 2.19. The van der Waals surface area contributed by atoms with Crippen molar-refractivity contribution in [1.29, 1.82) is 0 Å². The molecule has 0 radical (unpaired) electrons. The average molecular weight is 319 g/mol. The van der Waals surface area contributed by atoms with E-state index in [9.17, 15) is 4.79 Å². The van der Waals surface area contributed by atoms with Gasteiger partial charge in [-0.05, 0) is 67.5 Å². The zero-order chi connectivity index (χ0) is 15.4. The molecule has 0 saturated carbocycles. The SMILES string of the molecule is Cc1ccc(NC(=S)NC(=O)c2cccc(Cl)c2)cc1C. The maximum atomic E-state index is 12.0. The van der Waals surface area contributed by atoms with Crippen LogP contribution in [-0.2, 0) is 0 Å². The van der Waals surface area contributed by atoms with Crippen LogP contribution in [0.3, 0.4) is 0 Å². The molecule has 0 aliphatic heterocycles. The molecule has 0 atom stereocenters. The van der Waals surface area contributed by atoms with Crippen LogP contribution in [0.1, 0.15) is 21.5 Å². The fraction of sp³-hybridized carbons (Fsp3) is 0.125. The van der Waals surface area contributed by atoms with Crippen LogP contribution in [0.25, 0.3) is 0 Å². The molecule has 0 saturated heterocycles. The van der Waals surface area contributed by atoms with Gasteiger partial charge < -0.3 is 5.32 Å². The standard InChI is InChI=1S/C16H15ClN2OS/c1-10-6-7-14(8-11(10)2)18-16(21)19-15(20)12-4-3-5-13(17)9-12/h3-9H,1-2H3,(H2,18,19,20,21). The smallest absolute Gasteiger partial charge is 0.257 e. The molecule has 2 N–H and O–H groups in total. The van der Waals surface area contributed by atoms with Crippen LogP contribution < -0.4 is 10.6 Å². The van der Waals surface area contributed by atoms with E-state index >= 15 is 0 Å². The molecule has 0 bridgehead atoms. The highest BCUT2D eigenvalue weighted by Crippen LogP contribution is 2.14. The maximum absolute atomic E-state index is 12.0. The Morgan fingerprint density at radius 2 is 1.86 bits per heavy atom. The number of thiocarbonyl (C=S) groups is 1. The molecule has 0 aliphatic carbocycles. The molecule has 0 spiro atoms.